The summed E-state index contributed by atoms with van der Waals surface area (Å²) in [6.45, 7) is 4.86. The summed E-state index contributed by atoms with van der Waals surface area (Å²) in [5, 5.41) is 5.64. The van der Waals surface area contributed by atoms with Crippen molar-refractivity contribution in [2.45, 2.75) is 26.7 Å². The van der Waals surface area contributed by atoms with E-state index in [9.17, 15) is 14.4 Å². The van der Waals surface area contributed by atoms with Gasteiger partial charge in [0.1, 0.15) is 18.8 Å². The molecule has 1 heterocycles. The third-order valence-corrected chi connectivity index (χ3v) is 4.87. The minimum Gasteiger partial charge on any atom is -0.494 e. The number of benzene rings is 2. The lowest BCUT2D eigenvalue weighted by atomic mass is 10.1. The molecule has 2 aromatic rings. The summed E-state index contributed by atoms with van der Waals surface area (Å²) in [5.74, 6) is 0.182. The Morgan fingerprint density at radius 3 is 2.42 bits per heavy atom. The van der Waals surface area contributed by atoms with Gasteiger partial charge in [-0.05, 0) is 49.7 Å². The van der Waals surface area contributed by atoms with Gasteiger partial charge in [0.05, 0.1) is 18.0 Å². The predicted octanol–water partition coefficient (Wildman–Crippen LogP) is 3.39. The molecule has 3 rings (SSSR count). The Labute approximate surface area is 182 Å². The molecule has 0 fully saturated rings. The summed E-state index contributed by atoms with van der Waals surface area (Å²) in [4.78, 5) is 40.8. The van der Waals surface area contributed by atoms with Gasteiger partial charge in [-0.25, -0.2) is 4.79 Å². The summed E-state index contributed by atoms with van der Waals surface area (Å²) in [7, 11) is 0. The Kier molecular flexibility index (Phi) is 7.48. The van der Waals surface area contributed by atoms with Gasteiger partial charge in [-0.15, -0.1) is 0 Å². The van der Waals surface area contributed by atoms with Crippen LogP contribution in [0.4, 0.5) is 21.9 Å². The number of fused-ring (bicyclic) bond motifs is 1. The fraction of sp³-hybridized carbons (Fsp3) is 0.348. The number of urea groups is 1. The molecule has 0 spiro atoms. The average molecular weight is 425 g/mol. The van der Waals surface area contributed by atoms with Crippen molar-refractivity contribution in [3.05, 3.63) is 48.5 Å². The van der Waals surface area contributed by atoms with Crippen LogP contribution in [0.25, 0.3) is 0 Å². The van der Waals surface area contributed by atoms with Crippen molar-refractivity contribution >= 4 is 34.9 Å². The zero-order valence-electron chi connectivity index (χ0n) is 17.9. The number of para-hydroxylation sites is 2. The van der Waals surface area contributed by atoms with Crippen LogP contribution in [0.15, 0.2) is 48.5 Å². The quantitative estimate of drug-likeness (QED) is 0.636. The lowest BCUT2D eigenvalue weighted by Crippen LogP contribution is -2.52. The second kappa shape index (κ2) is 10.5. The normalized spacial score (nSPS) is 12.9. The van der Waals surface area contributed by atoms with E-state index in [0.717, 1.165) is 12.8 Å². The van der Waals surface area contributed by atoms with Crippen LogP contribution >= 0.6 is 0 Å². The first-order chi connectivity index (χ1) is 15.0. The van der Waals surface area contributed by atoms with Gasteiger partial charge in [0.2, 0.25) is 11.8 Å². The number of hydrogen-bond donors (Lipinski definition) is 2. The van der Waals surface area contributed by atoms with Crippen molar-refractivity contribution in [3.63, 3.8) is 0 Å². The number of unbranched alkanes of at least 4 members (excludes halogenated alkanes) is 1. The molecule has 1 aliphatic rings. The molecular weight excluding hydrogens is 396 g/mol. The Balaban J connectivity index is 1.73. The van der Waals surface area contributed by atoms with E-state index in [2.05, 4.69) is 10.6 Å². The third kappa shape index (κ3) is 5.53. The zero-order valence-corrected chi connectivity index (χ0v) is 17.9. The Morgan fingerprint density at radius 2 is 1.74 bits per heavy atom. The second-order valence-corrected chi connectivity index (χ2v) is 7.15. The van der Waals surface area contributed by atoms with Crippen LogP contribution in [0.3, 0.4) is 0 Å². The first kappa shape index (κ1) is 22.1. The summed E-state index contributed by atoms with van der Waals surface area (Å²) in [6, 6.07) is 13.7. The van der Waals surface area contributed by atoms with Crippen LogP contribution < -0.4 is 25.2 Å². The number of nitrogens with one attached hydrogen (secondary N) is 2. The molecule has 2 aromatic carbocycles. The molecule has 8 nitrogen and oxygen atoms in total. The smallest absolute Gasteiger partial charge is 0.326 e. The number of anilines is 3. The van der Waals surface area contributed by atoms with E-state index in [-0.39, 0.29) is 24.9 Å². The molecular formula is C23H28N4O4. The van der Waals surface area contributed by atoms with Crippen LogP contribution in [0, 0.1) is 0 Å². The standard InChI is InChI=1S/C23H28N4O4/c1-3-5-14-24-21(28)15-26-19-8-6-7-9-20(19)27(16-22(26)29)23(30)25-17-10-12-18(13-11-17)31-4-2/h6-13H,3-5,14-16H2,1-2H3,(H,24,28)(H,25,30). The molecule has 164 valence electrons. The third-order valence-electron chi connectivity index (χ3n) is 4.87. The minimum absolute atomic E-state index is 0.0755. The minimum atomic E-state index is -0.419. The van der Waals surface area contributed by atoms with Crippen molar-refractivity contribution in [2.75, 3.05) is 41.4 Å². The van der Waals surface area contributed by atoms with Crippen molar-refractivity contribution < 1.29 is 19.1 Å². The fourth-order valence-electron chi connectivity index (χ4n) is 3.31. The topological polar surface area (TPSA) is 91.0 Å². The van der Waals surface area contributed by atoms with Crippen molar-refractivity contribution in [3.8, 4) is 5.75 Å². The maximum atomic E-state index is 12.9. The maximum Gasteiger partial charge on any atom is 0.326 e. The molecule has 0 saturated carbocycles. The molecule has 2 N–H and O–H groups in total. The van der Waals surface area contributed by atoms with Crippen LogP contribution in [0.5, 0.6) is 5.75 Å². The number of carbonyl (C=O) groups is 3. The molecule has 4 amide bonds. The van der Waals surface area contributed by atoms with E-state index in [0.29, 0.717) is 36.0 Å². The van der Waals surface area contributed by atoms with E-state index in [1.165, 1.54) is 9.80 Å². The van der Waals surface area contributed by atoms with Gasteiger partial charge in [-0.3, -0.25) is 19.4 Å². The Morgan fingerprint density at radius 1 is 1.03 bits per heavy atom. The van der Waals surface area contributed by atoms with Gasteiger partial charge < -0.3 is 15.4 Å². The van der Waals surface area contributed by atoms with Crippen molar-refractivity contribution in [2.24, 2.45) is 0 Å². The SMILES string of the molecule is CCCCNC(=O)CN1C(=O)CN(C(=O)Nc2ccc(OCC)cc2)c2ccccc21. The summed E-state index contributed by atoms with van der Waals surface area (Å²) >= 11 is 0. The molecule has 0 radical (unpaired) electrons. The number of nitrogens with zero attached hydrogens (tertiary/aromatic N) is 2. The number of rotatable bonds is 8. The molecule has 0 atom stereocenters. The van der Waals surface area contributed by atoms with Crippen molar-refractivity contribution in [1.29, 1.82) is 0 Å². The maximum absolute atomic E-state index is 12.9. The van der Waals surface area contributed by atoms with E-state index >= 15 is 0 Å². The Hall–Kier alpha value is -3.55. The van der Waals surface area contributed by atoms with Gasteiger partial charge in [-0.2, -0.15) is 0 Å². The number of hydrogen-bond acceptors (Lipinski definition) is 4. The Bertz CT molecular complexity index is 929. The molecule has 0 unspecified atom stereocenters. The largest absolute Gasteiger partial charge is 0.494 e. The fourth-order valence-corrected chi connectivity index (χ4v) is 3.31. The molecule has 0 saturated heterocycles. The molecule has 0 aliphatic carbocycles. The highest BCUT2D eigenvalue weighted by Gasteiger charge is 2.33. The van der Waals surface area contributed by atoms with E-state index in [4.69, 9.17) is 4.74 Å². The molecule has 31 heavy (non-hydrogen) atoms. The highest BCUT2D eigenvalue weighted by Crippen LogP contribution is 2.33. The van der Waals surface area contributed by atoms with Crippen molar-refractivity contribution in [1.82, 2.24) is 5.32 Å². The van der Waals surface area contributed by atoms with Crippen LogP contribution in [0.1, 0.15) is 26.7 Å². The van der Waals surface area contributed by atoms with E-state index in [1.807, 2.05) is 13.8 Å². The zero-order chi connectivity index (χ0) is 22.2. The highest BCUT2D eigenvalue weighted by atomic mass is 16.5. The van der Waals surface area contributed by atoms with Crippen LogP contribution in [-0.4, -0.2) is 44.1 Å². The first-order valence-corrected chi connectivity index (χ1v) is 10.5. The van der Waals surface area contributed by atoms with Gasteiger partial charge in [-0.1, -0.05) is 25.5 Å². The van der Waals surface area contributed by atoms with Gasteiger partial charge in [0.15, 0.2) is 0 Å². The summed E-state index contributed by atoms with van der Waals surface area (Å²) < 4.78 is 5.41. The van der Waals surface area contributed by atoms with Gasteiger partial charge in [0.25, 0.3) is 0 Å². The monoisotopic (exact) mass is 424 g/mol. The highest BCUT2D eigenvalue weighted by molar-refractivity contribution is 6.15. The second-order valence-electron chi connectivity index (χ2n) is 7.15. The van der Waals surface area contributed by atoms with E-state index in [1.54, 1.807) is 48.5 Å². The molecule has 0 bridgehead atoms. The molecule has 0 aromatic heterocycles. The first-order valence-electron chi connectivity index (χ1n) is 10.5. The van der Waals surface area contributed by atoms with Gasteiger partial charge >= 0.3 is 6.03 Å². The lowest BCUT2D eigenvalue weighted by molar-refractivity contribution is -0.123. The van der Waals surface area contributed by atoms with Crippen LogP contribution in [0.2, 0.25) is 0 Å². The van der Waals surface area contributed by atoms with Gasteiger partial charge in [0, 0.05) is 12.2 Å². The number of amides is 4. The summed E-state index contributed by atoms with van der Waals surface area (Å²) in [6.07, 6.45) is 1.86. The van der Waals surface area contributed by atoms with Crippen LogP contribution in [-0.2, 0) is 9.59 Å². The number of ether oxygens (including phenoxy) is 1. The summed E-state index contributed by atoms with van der Waals surface area (Å²) in [5.41, 5.74) is 1.70. The molecule has 8 heteroatoms. The lowest BCUT2D eigenvalue weighted by Gasteiger charge is -2.35. The predicted molar refractivity (Wildman–Crippen MR) is 121 cm³/mol. The molecule has 1 aliphatic heterocycles. The average Bonchev–Trinajstić information content (AvgIpc) is 2.77. The van der Waals surface area contributed by atoms with E-state index < -0.39 is 6.03 Å². The number of carbonyl (C=O) groups excluding carboxylic acids is 3.